The lowest BCUT2D eigenvalue weighted by atomic mass is 10.1. The van der Waals surface area contributed by atoms with Crippen LogP contribution in [0.5, 0.6) is 5.75 Å². The monoisotopic (exact) mass is 436 g/mol. The summed E-state index contributed by atoms with van der Waals surface area (Å²) >= 11 is 0. The van der Waals surface area contributed by atoms with Crippen LogP contribution in [0.15, 0.2) is 53.5 Å². The summed E-state index contributed by atoms with van der Waals surface area (Å²) in [5, 5.41) is 14.9. The van der Waals surface area contributed by atoms with E-state index in [1.165, 1.54) is 26.0 Å². The number of aliphatic imine (C=N–C) groups is 1. The molecule has 0 bridgehead atoms. The predicted octanol–water partition coefficient (Wildman–Crippen LogP) is 2.83. The molecule has 0 aliphatic rings. The number of ether oxygens (including phenoxy) is 1. The Kier molecular flexibility index (Phi) is 7.43. The van der Waals surface area contributed by atoms with Crippen molar-refractivity contribution in [2.24, 2.45) is 10.7 Å². The second-order valence-electron chi connectivity index (χ2n) is 7.48. The Balaban J connectivity index is 1.87. The van der Waals surface area contributed by atoms with Gasteiger partial charge in [-0.25, -0.2) is 4.79 Å². The summed E-state index contributed by atoms with van der Waals surface area (Å²) in [5.74, 6) is -0.274. The number of carbonyl (C=O) groups is 1. The summed E-state index contributed by atoms with van der Waals surface area (Å²) in [5.41, 5.74) is 5.17. The summed E-state index contributed by atoms with van der Waals surface area (Å²) in [6, 6.07) is 11.5. The van der Waals surface area contributed by atoms with E-state index < -0.39 is 23.3 Å². The Morgan fingerprint density at radius 1 is 1.10 bits per heavy atom. The van der Waals surface area contributed by atoms with Crippen molar-refractivity contribution in [1.29, 1.82) is 0 Å². The first kappa shape index (κ1) is 23.9. The maximum atomic E-state index is 12.6. The number of carboxylic acids is 1. The molecule has 0 radical (unpaired) electrons. The maximum absolute atomic E-state index is 12.6. The second-order valence-corrected chi connectivity index (χ2v) is 7.48. The molecule has 0 aromatic heterocycles. The third kappa shape index (κ3) is 7.13. The highest BCUT2D eigenvalue weighted by Gasteiger charge is 2.30. The molecule has 166 valence electrons. The number of rotatable bonds is 8. The van der Waals surface area contributed by atoms with Gasteiger partial charge in [0.15, 0.2) is 5.60 Å². The average molecular weight is 436 g/mol. The molecule has 2 aromatic carbocycles. The number of hydrogen-bond donors (Lipinski definition) is 3. The lowest BCUT2D eigenvalue weighted by Gasteiger charge is -2.21. The zero-order valence-electron chi connectivity index (χ0n) is 17.2. The van der Waals surface area contributed by atoms with Crippen molar-refractivity contribution in [3.63, 3.8) is 0 Å². The Hall–Kier alpha value is -3.36. The molecule has 0 aliphatic heterocycles. The number of amidine groups is 2. The number of aliphatic carboxylic acids is 1. The van der Waals surface area contributed by atoms with Crippen molar-refractivity contribution in [1.82, 2.24) is 0 Å². The molecular weight excluding hydrogens is 411 g/mol. The number of aryl methyl sites for hydroxylation is 1. The third-order valence-corrected chi connectivity index (χ3v) is 4.48. The van der Waals surface area contributed by atoms with Gasteiger partial charge in [0, 0.05) is 6.42 Å². The smallest absolute Gasteiger partial charge is 0.416 e. The Morgan fingerprint density at radius 3 is 2.19 bits per heavy atom. The SMILES string of the molecule is CC(C)(Oc1ccc(CCCC(N)=NC(=[NH2+])c2ccc(C(F)(F)F)cc2)cc1)C(=O)O. The topological polar surface area (TPSA) is 111 Å². The number of benzene rings is 2. The second kappa shape index (κ2) is 9.63. The van der Waals surface area contributed by atoms with Gasteiger partial charge in [-0.05, 0) is 73.6 Å². The third-order valence-electron chi connectivity index (χ3n) is 4.48. The number of halogens is 3. The van der Waals surface area contributed by atoms with Gasteiger partial charge in [-0.2, -0.15) is 13.2 Å². The van der Waals surface area contributed by atoms with Crippen molar-refractivity contribution in [3.05, 3.63) is 65.2 Å². The van der Waals surface area contributed by atoms with Gasteiger partial charge in [0.05, 0.1) is 11.1 Å². The van der Waals surface area contributed by atoms with E-state index in [-0.39, 0.29) is 11.7 Å². The van der Waals surface area contributed by atoms with Gasteiger partial charge in [0.1, 0.15) is 5.75 Å². The summed E-state index contributed by atoms with van der Waals surface area (Å²) < 4.78 is 43.3. The van der Waals surface area contributed by atoms with Gasteiger partial charge in [-0.3, -0.25) is 5.41 Å². The zero-order chi connectivity index (χ0) is 23.2. The van der Waals surface area contributed by atoms with Gasteiger partial charge in [0.2, 0.25) is 5.84 Å². The molecule has 31 heavy (non-hydrogen) atoms. The van der Waals surface area contributed by atoms with Crippen LogP contribution in [0.3, 0.4) is 0 Å². The average Bonchev–Trinajstić information content (AvgIpc) is 2.68. The largest absolute Gasteiger partial charge is 0.478 e. The van der Waals surface area contributed by atoms with Crippen LogP contribution in [-0.2, 0) is 17.4 Å². The van der Waals surface area contributed by atoms with E-state index in [1.54, 1.807) is 12.1 Å². The molecule has 9 heteroatoms. The summed E-state index contributed by atoms with van der Waals surface area (Å²) in [4.78, 5) is 15.2. The minimum Gasteiger partial charge on any atom is -0.478 e. The van der Waals surface area contributed by atoms with Crippen molar-refractivity contribution in [3.8, 4) is 5.75 Å². The highest BCUT2D eigenvalue weighted by atomic mass is 19.4. The first-order chi connectivity index (χ1) is 14.4. The van der Waals surface area contributed by atoms with Crippen LogP contribution in [0.25, 0.3) is 0 Å². The fourth-order valence-corrected chi connectivity index (χ4v) is 2.64. The van der Waals surface area contributed by atoms with Crippen LogP contribution in [0.4, 0.5) is 13.2 Å². The highest BCUT2D eigenvalue weighted by molar-refractivity contribution is 6.02. The van der Waals surface area contributed by atoms with E-state index in [1.807, 2.05) is 12.1 Å². The molecule has 0 aliphatic carbocycles. The molecule has 6 nitrogen and oxygen atoms in total. The highest BCUT2D eigenvalue weighted by Crippen LogP contribution is 2.29. The normalized spacial score (nSPS) is 12.5. The van der Waals surface area contributed by atoms with Crippen LogP contribution in [0.1, 0.15) is 43.4 Å². The first-order valence-electron chi connectivity index (χ1n) is 9.53. The standard InChI is InChI=1S/C22H24F3N3O3/c1-21(2,20(29)30)31-17-12-6-14(7-13-17)4-3-5-18(26)28-19(27)15-8-10-16(11-9-15)22(23,24)25/h6-13H,3-5H2,1-2H3,(H,29,30)(H3,26,27,28)/p+1. The van der Waals surface area contributed by atoms with Gasteiger partial charge < -0.3 is 15.6 Å². The fourth-order valence-electron chi connectivity index (χ4n) is 2.64. The van der Waals surface area contributed by atoms with Crippen LogP contribution in [0, 0.1) is 0 Å². The summed E-state index contributed by atoms with van der Waals surface area (Å²) in [6.07, 6.45) is -2.59. The fraction of sp³-hybridized carbons (Fsp3) is 0.318. The minimum atomic E-state index is -4.41. The number of hydrogen-bond acceptors (Lipinski definition) is 2. The molecule has 0 saturated heterocycles. The van der Waals surface area contributed by atoms with Gasteiger partial charge in [0.25, 0.3) is 0 Å². The van der Waals surface area contributed by atoms with Crippen LogP contribution in [-0.4, -0.2) is 28.3 Å². The maximum Gasteiger partial charge on any atom is 0.416 e. The number of nitrogens with zero attached hydrogens (tertiary/aromatic N) is 1. The van der Waals surface area contributed by atoms with Crippen molar-refractivity contribution >= 4 is 17.6 Å². The summed E-state index contributed by atoms with van der Waals surface area (Å²) in [6.45, 7) is 2.94. The van der Waals surface area contributed by atoms with E-state index in [9.17, 15) is 18.0 Å². The van der Waals surface area contributed by atoms with Gasteiger partial charge in [-0.1, -0.05) is 12.1 Å². The lowest BCUT2D eigenvalue weighted by molar-refractivity contribution is -0.152. The minimum absolute atomic E-state index is 0.0498. The predicted molar refractivity (Wildman–Crippen MR) is 111 cm³/mol. The van der Waals surface area contributed by atoms with E-state index in [2.05, 4.69) is 4.99 Å². The van der Waals surface area contributed by atoms with E-state index in [4.69, 9.17) is 21.0 Å². The van der Waals surface area contributed by atoms with E-state index in [0.29, 0.717) is 30.6 Å². The number of carboxylic acid groups (broad SMARTS) is 1. The molecule has 0 spiro atoms. The van der Waals surface area contributed by atoms with Crippen LogP contribution < -0.4 is 15.9 Å². The molecule has 0 heterocycles. The van der Waals surface area contributed by atoms with Gasteiger partial charge in [-0.15, -0.1) is 0 Å². The van der Waals surface area contributed by atoms with Gasteiger partial charge >= 0.3 is 18.0 Å². The molecule has 5 N–H and O–H groups in total. The summed E-state index contributed by atoms with van der Waals surface area (Å²) in [7, 11) is 0. The van der Waals surface area contributed by atoms with E-state index >= 15 is 0 Å². The molecule has 0 saturated carbocycles. The number of alkyl halides is 3. The zero-order valence-corrected chi connectivity index (χ0v) is 17.2. The Bertz CT molecular complexity index is 951. The first-order valence-corrected chi connectivity index (χ1v) is 9.53. The quantitative estimate of drug-likeness (QED) is 0.437. The van der Waals surface area contributed by atoms with Crippen molar-refractivity contribution < 1.29 is 33.2 Å². The molecule has 0 fully saturated rings. The lowest BCUT2D eigenvalue weighted by Crippen LogP contribution is -2.40. The van der Waals surface area contributed by atoms with Crippen LogP contribution >= 0.6 is 0 Å². The van der Waals surface area contributed by atoms with Crippen LogP contribution in [0.2, 0.25) is 0 Å². The molecule has 0 unspecified atom stereocenters. The molecule has 0 atom stereocenters. The molecule has 0 amide bonds. The number of nitrogens with two attached hydrogens (primary N) is 2. The molecule has 2 rings (SSSR count). The molecule has 2 aromatic rings. The molecular formula is C22H25F3N3O3+. The van der Waals surface area contributed by atoms with Crippen molar-refractivity contribution in [2.45, 2.75) is 44.9 Å². The van der Waals surface area contributed by atoms with E-state index in [0.717, 1.165) is 17.7 Å². The Labute approximate surface area is 178 Å². The Morgan fingerprint density at radius 2 is 1.68 bits per heavy atom. The van der Waals surface area contributed by atoms with Crippen molar-refractivity contribution in [2.75, 3.05) is 0 Å².